The maximum absolute atomic E-state index is 11.6. The maximum Gasteiger partial charge on any atom is 0.250 e. The minimum atomic E-state index is -0.205. The molecule has 1 rings (SSSR count). The van der Waals surface area contributed by atoms with Crippen LogP contribution in [0.5, 0.6) is 0 Å². The fraction of sp³-hybridized carbons (Fsp3) is 0.462. The van der Waals surface area contributed by atoms with Crippen LogP contribution in [0.3, 0.4) is 0 Å². The van der Waals surface area contributed by atoms with Crippen molar-refractivity contribution in [2.45, 2.75) is 20.0 Å². The second-order valence-electron chi connectivity index (χ2n) is 3.95. The summed E-state index contributed by atoms with van der Waals surface area (Å²) >= 11 is 0. The molecule has 0 aromatic heterocycles. The molecule has 1 atom stereocenters. The highest BCUT2D eigenvalue weighted by atomic mass is 16.5. The number of carbonyl (C=O) groups excluding carboxylic acids is 1. The first-order valence-corrected chi connectivity index (χ1v) is 5.96. The van der Waals surface area contributed by atoms with Crippen LogP contribution in [0.4, 0.5) is 11.4 Å². The van der Waals surface area contributed by atoms with Gasteiger partial charge in [-0.15, -0.1) is 0 Å². The zero-order valence-electron chi connectivity index (χ0n) is 10.8. The molecule has 1 amide bonds. The summed E-state index contributed by atoms with van der Waals surface area (Å²) < 4.78 is 10.5. The highest BCUT2D eigenvalue weighted by Gasteiger charge is 2.07. The zero-order valence-corrected chi connectivity index (χ0v) is 10.8. The molecule has 0 heterocycles. The number of carbonyl (C=O) groups is 1. The quantitative estimate of drug-likeness (QED) is 0.724. The molecule has 0 radical (unpaired) electrons. The van der Waals surface area contributed by atoms with Crippen LogP contribution in [-0.4, -0.2) is 31.8 Å². The van der Waals surface area contributed by atoms with Gasteiger partial charge in [-0.25, -0.2) is 0 Å². The number of nitrogen functional groups attached to an aromatic ring is 1. The maximum atomic E-state index is 11.6. The third-order valence-corrected chi connectivity index (χ3v) is 2.23. The lowest BCUT2D eigenvalue weighted by molar-refractivity contribution is -0.123. The van der Waals surface area contributed by atoms with Crippen molar-refractivity contribution in [1.82, 2.24) is 0 Å². The number of hydrogen-bond acceptors (Lipinski definition) is 4. The predicted molar refractivity (Wildman–Crippen MR) is 71.4 cm³/mol. The first-order chi connectivity index (χ1) is 8.61. The monoisotopic (exact) mass is 252 g/mol. The summed E-state index contributed by atoms with van der Waals surface area (Å²) in [5.74, 6) is -0.205. The lowest BCUT2D eigenvalue weighted by Gasteiger charge is -2.12. The molecule has 0 aliphatic carbocycles. The predicted octanol–water partition coefficient (Wildman–Crippen LogP) is 1.65. The summed E-state index contributed by atoms with van der Waals surface area (Å²) in [6, 6.07) is 7.01. The van der Waals surface area contributed by atoms with E-state index in [1.54, 1.807) is 24.3 Å². The van der Waals surface area contributed by atoms with Gasteiger partial charge < -0.3 is 20.5 Å². The molecule has 0 saturated heterocycles. The van der Waals surface area contributed by atoms with Crippen molar-refractivity contribution in [1.29, 1.82) is 0 Å². The molecule has 0 saturated carbocycles. The largest absolute Gasteiger partial charge is 0.399 e. The molecule has 5 heteroatoms. The van der Waals surface area contributed by atoms with E-state index in [-0.39, 0.29) is 18.6 Å². The summed E-state index contributed by atoms with van der Waals surface area (Å²) in [5, 5.41) is 2.71. The minimum Gasteiger partial charge on any atom is -0.399 e. The lowest BCUT2D eigenvalue weighted by atomic mass is 10.3. The molecule has 0 fully saturated rings. The van der Waals surface area contributed by atoms with Gasteiger partial charge in [-0.1, -0.05) is 6.07 Å². The molecule has 0 bridgehead atoms. The molecule has 0 spiro atoms. The molecule has 1 unspecified atom stereocenters. The third kappa shape index (κ3) is 5.65. The number of nitrogens with two attached hydrogens (primary N) is 1. The highest BCUT2D eigenvalue weighted by Crippen LogP contribution is 2.11. The lowest BCUT2D eigenvalue weighted by Crippen LogP contribution is -2.24. The Morgan fingerprint density at radius 1 is 1.50 bits per heavy atom. The molecule has 1 aromatic carbocycles. The van der Waals surface area contributed by atoms with E-state index in [1.807, 2.05) is 13.8 Å². The molecule has 3 N–H and O–H groups in total. The Balaban J connectivity index is 2.29. The van der Waals surface area contributed by atoms with Gasteiger partial charge in [-0.2, -0.15) is 0 Å². The van der Waals surface area contributed by atoms with E-state index in [0.717, 1.165) is 0 Å². The normalized spacial score (nSPS) is 12.1. The smallest absolute Gasteiger partial charge is 0.250 e. The van der Waals surface area contributed by atoms with E-state index in [1.165, 1.54) is 0 Å². The Labute approximate surface area is 107 Å². The fourth-order valence-corrected chi connectivity index (χ4v) is 1.36. The number of anilines is 2. The van der Waals surface area contributed by atoms with Crippen LogP contribution in [0.15, 0.2) is 24.3 Å². The first kappa shape index (κ1) is 14.5. The molecule has 0 aliphatic heterocycles. The van der Waals surface area contributed by atoms with Gasteiger partial charge in [0, 0.05) is 18.0 Å². The number of hydrogen-bond donors (Lipinski definition) is 2. The van der Waals surface area contributed by atoms with Gasteiger partial charge in [0.05, 0.1) is 12.7 Å². The van der Waals surface area contributed by atoms with Crippen LogP contribution >= 0.6 is 0 Å². The summed E-state index contributed by atoms with van der Waals surface area (Å²) in [7, 11) is 0. The van der Waals surface area contributed by atoms with Crippen molar-refractivity contribution < 1.29 is 14.3 Å². The van der Waals surface area contributed by atoms with E-state index in [9.17, 15) is 4.79 Å². The second kappa shape index (κ2) is 7.68. The van der Waals surface area contributed by atoms with E-state index in [2.05, 4.69) is 5.32 Å². The van der Waals surface area contributed by atoms with Crippen LogP contribution < -0.4 is 11.1 Å². The van der Waals surface area contributed by atoms with Gasteiger partial charge in [0.1, 0.15) is 6.61 Å². The van der Waals surface area contributed by atoms with E-state index in [0.29, 0.717) is 24.6 Å². The van der Waals surface area contributed by atoms with Crippen LogP contribution in [0.2, 0.25) is 0 Å². The van der Waals surface area contributed by atoms with E-state index >= 15 is 0 Å². The van der Waals surface area contributed by atoms with Crippen molar-refractivity contribution in [3.8, 4) is 0 Å². The van der Waals surface area contributed by atoms with Crippen molar-refractivity contribution >= 4 is 17.3 Å². The molecule has 5 nitrogen and oxygen atoms in total. The number of nitrogens with one attached hydrogen (secondary N) is 1. The molecule has 1 aromatic rings. The minimum absolute atomic E-state index is 0.00302. The van der Waals surface area contributed by atoms with Crippen LogP contribution in [0.25, 0.3) is 0 Å². The Bertz CT molecular complexity index is 382. The van der Waals surface area contributed by atoms with Gasteiger partial charge in [-0.3, -0.25) is 4.79 Å². The molecular weight excluding hydrogens is 232 g/mol. The van der Waals surface area contributed by atoms with Crippen LogP contribution in [0, 0.1) is 0 Å². The third-order valence-electron chi connectivity index (χ3n) is 2.23. The van der Waals surface area contributed by atoms with Crippen molar-refractivity contribution in [2.24, 2.45) is 0 Å². The average molecular weight is 252 g/mol. The van der Waals surface area contributed by atoms with Gasteiger partial charge >= 0.3 is 0 Å². The fourth-order valence-electron chi connectivity index (χ4n) is 1.36. The van der Waals surface area contributed by atoms with Crippen LogP contribution in [0.1, 0.15) is 13.8 Å². The Hall–Kier alpha value is -1.59. The van der Waals surface area contributed by atoms with Gasteiger partial charge in [0.15, 0.2) is 0 Å². The number of ether oxygens (including phenoxy) is 2. The van der Waals surface area contributed by atoms with Crippen LogP contribution in [-0.2, 0) is 14.3 Å². The second-order valence-corrected chi connectivity index (χ2v) is 3.95. The number of rotatable bonds is 7. The average Bonchev–Trinajstić information content (AvgIpc) is 2.34. The van der Waals surface area contributed by atoms with Crippen molar-refractivity contribution in [3.63, 3.8) is 0 Å². The molecule has 18 heavy (non-hydrogen) atoms. The number of amides is 1. The van der Waals surface area contributed by atoms with E-state index in [4.69, 9.17) is 15.2 Å². The number of benzene rings is 1. The Kier molecular flexibility index (Phi) is 6.18. The molecule has 0 aliphatic rings. The summed E-state index contributed by atoms with van der Waals surface area (Å²) in [6.45, 7) is 4.91. The standard InChI is InChI=1S/C13H20N2O3/c1-3-17-8-10(2)18-9-13(16)15-12-6-4-5-11(14)7-12/h4-7,10H,3,8-9,14H2,1-2H3,(H,15,16). The first-order valence-electron chi connectivity index (χ1n) is 5.96. The zero-order chi connectivity index (χ0) is 13.4. The Morgan fingerprint density at radius 3 is 2.94 bits per heavy atom. The Morgan fingerprint density at radius 2 is 2.28 bits per heavy atom. The van der Waals surface area contributed by atoms with Crippen molar-refractivity contribution in [3.05, 3.63) is 24.3 Å². The summed E-state index contributed by atoms with van der Waals surface area (Å²) in [4.78, 5) is 11.6. The van der Waals surface area contributed by atoms with Crippen molar-refractivity contribution in [2.75, 3.05) is 30.9 Å². The summed E-state index contributed by atoms with van der Waals surface area (Å²) in [5.41, 5.74) is 6.89. The van der Waals surface area contributed by atoms with Gasteiger partial charge in [0.25, 0.3) is 0 Å². The van der Waals surface area contributed by atoms with E-state index < -0.39 is 0 Å². The SMILES string of the molecule is CCOCC(C)OCC(=O)Nc1cccc(N)c1. The highest BCUT2D eigenvalue weighted by molar-refractivity contribution is 5.92. The molecular formula is C13H20N2O3. The topological polar surface area (TPSA) is 73.6 Å². The van der Waals surface area contributed by atoms with Gasteiger partial charge in [-0.05, 0) is 32.0 Å². The summed E-state index contributed by atoms with van der Waals surface area (Å²) in [6.07, 6.45) is -0.100. The van der Waals surface area contributed by atoms with Gasteiger partial charge in [0.2, 0.25) is 5.91 Å². The molecule has 100 valence electrons.